The molecule has 3 N–H and O–H groups in total. The van der Waals surface area contributed by atoms with E-state index in [0.29, 0.717) is 17.7 Å². The molecule has 94 valence electrons. The van der Waals surface area contributed by atoms with E-state index in [0.717, 1.165) is 32.5 Å². The van der Waals surface area contributed by atoms with Gasteiger partial charge in [0.25, 0.3) is 0 Å². The SMILES string of the molecule is CC(C)(C)CCOCC1(CC(N)=NO)CC1. The third kappa shape index (κ3) is 4.84. The maximum Gasteiger partial charge on any atom is 0.139 e. The second kappa shape index (κ2) is 5.04. The van der Waals surface area contributed by atoms with Crippen LogP contribution in [0, 0.1) is 10.8 Å². The van der Waals surface area contributed by atoms with Crippen molar-refractivity contribution in [2.24, 2.45) is 21.7 Å². The van der Waals surface area contributed by atoms with Crippen molar-refractivity contribution in [1.82, 2.24) is 0 Å². The first-order valence-corrected chi connectivity index (χ1v) is 5.91. The molecule has 16 heavy (non-hydrogen) atoms. The third-order valence-electron chi connectivity index (χ3n) is 3.05. The Bertz CT molecular complexity index is 252. The first kappa shape index (κ1) is 13.3. The van der Waals surface area contributed by atoms with E-state index >= 15 is 0 Å². The van der Waals surface area contributed by atoms with Crippen molar-refractivity contribution in [2.45, 2.75) is 46.5 Å². The molecule has 0 spiro atoms. The molecular weight excluding hydrogens is 204 g/mol. The highest BCUT2D eigenvalue weighted by atomic mass is 16.5. The molecule has 4 nitrogen and oxygen atoms in total. The molecule has 1 aliphatic rings. The lowest BCUT2D eigenvalue weighted by molar-refractivity contribution is 0.0734. The smallest absolute Gasteiger partial charge is 0.139 e. The Morgan fingerprint density at radius 3 is 2.50 bits per heavy atom. The molecule has 1 saturated carbocycles. The molecule has 0 atom stereocenters. The lowest BCUT2D eigenvalue weighted by Gasteiger charge is -2.19. The first-order valence-electron chi connectivity index (χ1n) is 5.91. The molecule has 0 unspecified atom stereocenters. The Hall–Kier alpha value is -0.770. The van der Waals surface area contributed by atoms with Gasteiger partial charge in [0.2, 0.25) is 0 Å². The predicted octanol–water partition coefficient (Wildman–Crippen LogP) is 2.36. The molecule has 4 heteroatoms. The van der Waals surface area contributed by atoms with Crippen LogP contribution in [0.2, 0.25) is 0 Å². The number of nitrogens with zero attached hydrogens (tertiary/aromatic N) is 1. The zero-order valence-corrected chi connectivity index (χ0v) is 10.6. The maximum atomic E-state index is 8.53. The topological polar surface area (TPSA) is 67.8 Å². The summed E-state index contributed by atoms with van der Waals surface area (Å²) in [6.45, 7) is 8.15. The summed E-state index contributed by atoms with van der Waals surface area (Å²) in [6.07, 6.45) is 3.96. The van der Waals surface area contributed by atoms with E-state index in [1.54, 1.807) is 0 Å². The van der Waals surface area contributed by atoms with Crippen LogP contribution in [-0.4, -0.2) is 24.3 Å². The molecule has 0 aromatic heterocycles. The van der Waals surface area contributed by atoms with E-state index in [2.05, 4.69) is 25.9 Å². The Morgan fingerprint density at radius 1 is 1.44 bits per heavy atom. The van der Waals surface area contributed by atoms with Crippen molar-refractivity contribution in [2.75, 3.05) is 13.2 Å². The Kier molecular flexibility index (Phi) is 4.19. The van der Waals surface area contributed by atoms with Gasteiger partial charge in [-0.3, -0.25) is 0 Å². The number of oxime groups is 1. The third-order valence-corrected chi connectivity index (χ3v) is 3.05. The molecule has 0 aromatic rings. The Balaban J connectivity index is 2.18. The average molecular weight is 228 g/mol. The van der Waals surface area contributed by atoms with Crippen LogP contribution in [-0.2, 0) is 4.74 Å². The molecule has 0 aliphatic heterocycles. The molecule has 0 bridgehead atoms. The van der Waals surface area contributed by atoms with Gasteiger partial charge in [-0.15, -0.1) is 0 Å². The standard InChI is InChI=1S/C12H24N2O2/c1-11(2,3)6-7-16-9-12(4-5-12)8-10(13)14-15/h15H,4-9H2,1-3H3,(H2,13,14). The molecule has 0 amide bonds. The lowest BCUT2D eigenvalue weighted by atomic mass is 9.93. The molecule has 1 fully saturated rings. The highest BCUT2D eigenvalue weighted by Crippen LogP contribution is 2.49. The highest BCUT2D eigenvalue weighted by Gasteiger charge is 2.43. The zero-order valence-electron chi connectivity index (χ0n) is 10.6. The minimum Gasteiger partial charge on any atom is -0.409 e. The van der Waals surface area contributed by atoms with Crippen molar-refractivity contribution in [3.8, 4) is 0 Å². The van der Waals surface area contributed by atoms with E-state index in [1.807, 2.05) is 0 Å². The maximum absolute atomic E-state index is 8.53. The van der Waals surface area contributed by atoms with E-state index in [9.17, 15) is 0 Å². The summed E-state index contributed by atoms with van der Waals surface area (Å²) in [5.41, 5.74) is 6.00. The summed E-state index contributed by atoms with van der Waals surface area (Å²) in [6, 6.07) is 0. The van der Waals surface area contributed by atoms with Gasteiger partial charge < -0.3 is 15.7 Å². The molecule has 0 aromatic carbocycles. The molecule has 0 saturated heterocycles. The molecule has 1 aliphatic carbocycles. The minimum absolute atomic E-state index is 0.161. The highest BCUT2D eigenvalue weighted by molar-refractivity contribution is 5.80. The first-order chi connectivity index (χ1) is 7.37. The summed E-state index contributed by atoms with van der Waals surface area (Å²) >= 11 is 0. The van der Waals surface area contributed by atoms with Gasteiger partial charge >= 0.3 is 0 Å². The summed E-state index contributed by atoms with van der Waals surface area (Å²) < 4.78 is 5.69. The van der Waals surface area contributed by atoms with Crippen LogP contribution < -0.4 is 5.73 Å². The van der Waals surface area contributed by atoms with Crippen molar-refractivity contribution in [3.63, 3.8) is 0 Å². The van der Waals surface area contributed by atoms with Crippen LogP contribution >= 0.6 is 0 Å². The second-order valence-electron chi connectivity index (χ2n) is 6.13. The van der Waals surface area contributed by atoms with Crippen LogP contribution in [0.5, 0.6) is 0 Å². The van der Waals surface area contributed by atoms with Crippen LogP contribution in [0.15, 0.2) is 5.16 Å². The number of nitrogens with two attached hydrogens (primary N) is 1. The number of hydrogen-bond donors (Lipinski definition) is 2. The van der Waals surface area contributed by atoms with Gasteiger partial charge in [-0.25, -0.2) is 0 Å². The van der Waals surface area contributed by atoms with Gasteiger partial charge in [-0.2, -0.15) is 0 Å². The van der Waals surface area contributed by atoms with Crippen LogP contribution in [0.3, 0.4) is 0 Å². The predicted molar refractivity (Wildman–Crippen MR) is 64.6 cm³/mol. The summed E-state index contributed by atoms with van der Waals surface area (Å²) in [5, 5.41) is 11.5. The van der Waals surface area contributed by atoms with Gasteiger partial charge in [-0.05, 0) is 24.7 Å². The minimum atomic E-state index is 0.161. The number of rotatable bonds is 6. The van der Waals surface area contributed by atoms with E-state index in [1.165, 1.54) is 0 Å². The van der Waals surface area contributed by atoms with Crippen LogP contribution in [0.25, 0.3) is 0 Å². The van der Waals surface area contributed by atoms with Crippen LogP contribution in [0.1, 0.15) is 46.5 Å². The van der Waals surface area contributed by atoms with Gasteiger partial charge in [0.05, 0.1) is 6.61 Å². The molecular formula is C12H24N2O2. The Morgan fingerprint density at radius 2 is 2.06 bits per heavy atom. The fourth-order valence-electron chi connectivity index (χ4n) is 1.64. The van der Waals surface area contributed by atoms with Gasteiger partial charge in [-0.1, -0.05) is 25.9 Å². The van der Waals surface area contributed by atoms with E-state index in [4.69, 9.17) is 15.7 Å². The fraction of sp³-hybridized carbons (Fsp3) is 0.917. The van der Waals surface area contributed by atoms with Crippen molar-refractivity contribution < 1.29 is 9.94 Å². The lowest BCUT2D eigenvalue weighted by Crippen LogP contribution is -2.22. The monoisotopic (exact) mass is 228 g/mol. The quantitative estimate of drug-likeness (QED) is 0.241. The van der Waals surface area contributed by atoms with Crippen LogP contribution in [0.4, 0.5) is 0 Å². The normalized spacial score (nSPS) is 19.8. The fourth-order valence-corrected chi connectivity index (χ4v) is 1.64. The summed E-state index contributed by atoms with van der Waals surface area (Å²) in [4.78, 5) is 0. The summed E-state index contributed by atoms with van der Waals surface area (Å²) in [7, 11) is 0. The zero-order chi connectivity index (χ0) is 12.2. The average Bonchev–Trinajstić information content (AvgIpc) is 2.92. The Labute approximate surface area is 97.8 Å². The van der Waals surface area contributed by atoms with E-state index < -0.39 is 0 Å². The number of amidine groups is 1. The molecule has 0 radical (unpaired) electrons. The van der Waals surface area contributed by atoms with E-state index in [-0.39, 0.29) is 5.41 Å². The number of hydrogen-bond acceptors (Lipinski definition) is 3. The second-order valence-corrected chi connectivity index (χ2v) is 6.13. The van der Waals surface area contributed by atoms with Crippen molar-refractivity contribution in [3.05, 3.63) is 0 Å². The molecule has 1 rings (SSSR count). The van der Waals surface area contributed by atoms with Crippen molar-refractivity contribution >= 4 is 5.84 Å². The van der Waals surface area contributed by atoms with Gasteiger partial charge in [0.15, 0.2) is 0 Å². The summed E-state index contributed by atoms with van der Waals surface area (Å²) in [5.74, 6) is 0.317. The number of ether oxygens (including phenoxy) is 1. The van der Waals surface area contributed by atoms with Crippen molar-refractivity contribution in [1.29, 1.82) is 0 Å². The molecule has 0 heterocycles. The van der Waals surface area contributed by atoms with Gasteiger partial charge in [0.1, 0.15) is 5.84 Å². The largest absolute Gasteiger partial charge is 0.409 e. The van der Waals surface area contributed by atoms with Gasteiger partial charge in [0, 0.05) is 18.4 Å².